The zero-order valence-corrected chi connectivity index (χ0v) is 14.3. The van der Waals surface area contributed by atoms with Crippen molar-refractivity contribution in [3.05, 3.63) is 59.4 Å². The Labute approximate surface area is 144 Å². The van der Waals surface area contributed by atoms with Crippen LogP contribution in [0, 0.1) is 5.82 Å². The SMILES string of the molecule is COc1cc(OC)cc(C2SCCN2C(=O)c2ccc(F)cc2)c1. The van der Waals surface area contributed by atoms with Crippen molar-refractivity contribution in [2.75, 3.05) is 26.5 Å². The fourth-order valence-corrected chi connectivity index (χ4v) is 3.92. The van der Waals surface area contributed by atoms with Crippen molar-refractivity contribution in [2.24, 2.45) is 0 Å². The molecule has 126 valence electrons. The van der Waals surface area contributed by atoms with Gasteiger partial charge >= 0.3 is 0 Å². The van der Waals surface area contributed by atoms with Gasteiger partial charge in [0, 0.05) is 23.9 Å². The van der Waals surface area contributed by atoms with Crippen molar-refractivity contribution in [3.63, 3.8) is 0 Å². The van der Waals surface area contributed by atoms with Crippen LogP contribution in [0.5, 0.6) is 11.5 Å². The van der Waals surface area contributed by atoms with E-state index in [2.05, 4.69) is 0 Å². The predicted octanol–water partition coefficient (Wildman–Crippen LogP) is 3.73. The molecule has 1 fully saturated rings. The monoisotopic (exact) mass is 347 g/mol. The van der Waals surface area contributed by atoms with Crippen LogP contribution in [0.2, 0.25) is 0 Å². The molecule has 1 atom stereocenters. The van der Waals surface area contributed by atoms with E-state index >= 15 is 0 Å². The molecule has 24 heavy (non-hydrogen) atoms. The number of amides is 1. The van der Waals surface area contributed by atoms with Gasteiger partial charge in [0.05, 0.1) is 14.2 Å². The molecule has 1 aliphatic rings. The van der Waals surface area contributed by atoms with Crippen LogP contribution in [0.15, 0.2) is 42.5 Å². The number of hydrogen-bond acceptors (Lipinski definition) is 4. The van der Waals surface area contributed by atoms with Crippen LogP contribution in [-0.2, 0) is 0 Å². The number of ether oxygens (including phenoxy) is 2. The molecule has 1 amide bonds. The molecule has 2 aromatic rings. The number of thioether (sulfide) groups is 1. The zero-order chi connectivity index (χ0) is 17.1. The van der Waals surface area contributed by atoms with E-state index in [1.165, 1.54) is 24.3 Å². The quantitative estimate of drug-likeness (QED) is 0.845. The number of nitrogens with zero attached hydrogens (tertiary/aromatic N) is 1. The number of hydrogen-bond donors (Lipinski definition) is 0. The van der Waals surface area contributed by atoms with Gasteiger partial charge in [-0.3, -0.25) is 4.79 Å². The van der Waals surface area contributed by atoms with Gasteiger partial charge in [0.2, 0.25) is 0 Å². The van der Waals surface area contributed by atoms with Crippen LogP contribution in [-0.4, -0.2) is 37.3 Å². The molecule has 0 aromatic heterocycles. The number of methoxy groups -OCH3 is 2. The van der Waals surface area contributed by atoms with Crippen molar-refractivity contribution in [3.8, 4) is 11.5 Å². The van der Waals surface area contributed by atoms with Crippen LogP contribution < -0.4 is 9.47 Å². The van der Waals surface area contributed by atoms with E-state index in [0.29, 0.717) is 23.6 Å². The highest BCUT2D eigenvalue weighted by Crippen LogP contribution is 2.41. The van der Waals surface area contributed by atoms with Gasteiger partial charge in [0.15, 0.2) is 0 Å². The number of rotatable bonds is 4. The number of carbonyl (C=O) groups is 1. The highest BCUT2D eigenvalue weighted by atomic mass is 32.2. The van der Waals surface area contributed by atoms with Crippen LogP contribution in [0.4, 0.5) is 4.39 Å². The average Bonchev–Trinajstić information content (AvgIpc) is 3.11. The Balaban J connectivity index is 1.90. The first kappa shape index (κ1) is 16.6. The lowest BCUT2D eigenvalue weighted by molar-refractivity contribution is 0.0760. The molecule has 2 aromatic carbocycles. The van der Waals surface area contributed by atoms with Crippen LogP contribution in [0.1, 0.15) is 21.3 Å². The van der Waals surface area contributed by atoms with Crippen molar-refractivity contribution in [2.45, 2.75) is 5.37 Å². The third-order valence-corrected chi connectivity index (χ3v) is 5.16. The van der Waals surface area contributed by atoms with Gasteiger partial charge in [-0.25, -0.2) is 4.39 Å². The van der Waals surface area contributed by atoms with E-state index in [1.54, 1.807) is 36.9 Å². The number of carbonyl (C=O) groups excluding carboxylic acids is 1. The summed E-state index contributed by atoms with van der Waals surface area (Å²) >= 11 is 1.69. The Morgan fingerprint density at radius 3 is 2.33 bits per heavy atom. The molecular formula is C18H18FNO3S. The Morgan fingerprint density at radius 2 is 1.75 bits per heavy atom. The molecule has 3 rings (SSSR count). The van der Waals surface area contributed by atoms with Gasteiger partial charge in [0.1, 0.15) is 22.7 Å². The summed E-state index contributed by atoms with van der Waals surface area (Å²) < 4.78 is 23.7. The number of halogens is 1. The molecule has 0 radical (unpaired) electrons. The molecular weight excluding hydrogens is 329 g/mol. The highest BCUT2D eigenvalue weighted by molar-refractivity contribution is 7.99. The largest absolute Gasteiger partial charge is 0.497 e. The van der Waals surface area contributed by atoms with Crippen LogP contribution in [0.25, 0.3) is 0 Å². The first-order valence-corrected chi connectivity index (χ1v) is 8.58. The zero-order valence-electron chi connectivity index (χ0n) is 13.5. The molecule has 0 bridgehead atoms. The molecule has 0 saturated carbocycles. The van der Waals surface area contributed by atoms with Crippen molar-refractivity contribution >= 4 is 17.7 Å². The Morgan fingerprint density at radius 1 is 1.12 bits per heavy atom. The van der Waals surface area contributed by atoms with Gasteiger partial charge in [0.25, 0.3) is 5.91 Å². The Bertz CT molecular complexity index is 713. The van der Waals surface area contributed by atoms with Crippen LogP contribution in [0.3, 0.4) is 0 Å². The van der Waals surface area contributed by atoms with Gasteiger partial charge < -0.3 is 14.4 Å². The molecule has 6 heteroatoms. The highest BCUT2D eigenvalue weighted by Gasteiger charge is 2.32. The standard InChI is InChI=1S/C18H18FNO3S/c1-22-15-9-13(10-16(11-15)23-2)18-20(7-8-24-18)17(21)12-3-5-14(19)6-4-12/h3-6,9-11,18H,7-8H2,1-2H3. The number of benzene rings is 2. The normalized spacial score (nSPS) is 17.0. The molecule has 1 saturated heterocycles. The summed E-state index contributed by atoms with van der Waals surface area (Å²) in [5, 5.41) is -0.119. The summed E-state index contributed by atoms with van der Waals surface area (Å²) in [5.41, 5.74) is 1.43. The predicted molar refractivity (Wildman–Crippen MR) is 92.2 cm³/mol. The lowest BCUT2D eigenvalue weighted by Crippen LogP contribution is -2.30. The smallest absolute Gasteiger partial charge is 0.255 e. The van der Waals surface area contributed by atoms with E-state index in [9.17, 15) is 9.18 Å². The first-order chi connectivity index (χ1) is 11.6. The molecule has 4 nitrogen and oxygen atoms in total. The topological polar surface area (TPSA) is 38.8 Å². The maximum atomic E-state index is 13.1. The Kier molecular flexibility index (Phi) is 4.94. The summed E-state index contributed by atoms with van der Waals surface area (Å²) in [6.45, 7) is 0.644. The third-order valence-electron chi connectivity index (χ3n) is 3.90. The van der Waals surface area contributed by atoms with E-state index in [0.717, 1.165) is 11.3 Å². The minimum atomic E-state index is -0.351. The summed E-state index contributed by atoms with van der Waals surface area (Å²) in [7, 11) is 3.20. The molecule has 0 aliphatic carbocycles. The second kappa shape index (κ2) is 7.13. The van der Waals surface area contributed by atoms with Gasteiger partial charge in [-0.05, 0) is 42.0 Å². The molecule has 0 N–H and O–H groups in total. The average molecular weight is 347 g/mol. The molecule has 0 spiro atoms. The van der Waals surface area contributed by atoms with E-state index in [1.807, 2.05) is 12.1 Å². The summed E-state index contributed by atoms with van der Waals surface area (Å²) in [4.78, 5) is 14.6. The fourth-order valence-electron chi connectivity index (χ4n) is 2.68. The first-order valence-electron chi connectivity index (χ1n) is 7.53. The van der Waals surface area contributed by atoms with Gasteiger partial charge in [-0.15, -0.1) is 11.8 Å². The van der Waals surface area contributed by atoms with Gasteiger partial charge in [-0.2, -0.15) is 0 Å². The fraction of sp³-hybridized carbons (Fsp3) is 0.278. The van der Waals surface area contributed by atoms with E-state index in [-0.39, 0.29) is 17.1 Å². The maximum absolute atomic E-state index is 13.1. The second-order valence-corrected chi connectivity index (χ2v) is 6.56. The second-order valence-electron chi connectivity index (χ2n) is 5.37. The summed E-state index contributed by atoms with van der Waals surface area (Å²) in [6.07, 6.45) is 0. The van der Waals surface area contributed by atoms with Gasteiger partial charge in [-0.1, -0.05) is 0 Å². The minimum Gasteiger partial charge on any atom is -0.497 e. The van der Waals surface area contributed by atoms with E-state index < -0.39 is 0 Å². The van der Waals surface area contributed by atoms with E-state index in [4.69, 9.17) is 9.47 Å². The lowest BCUT2D eigenvalue weighted by Gasteiger charge is -2.25. The Hall–Kier alpha value is -2.21. The van der Waals surface area contributed by atoms with Crippen molar-refractivity contribution < 1.29 is 18.7 Å². The lowest BCUT2D eigenvalue weighted by atomic mass is 10.1. The minimum absolute atomic E-state index is 0.105. The summed E-state index contributed by atoms with van der Waals surface area (Å²) in [5.74, 6) is 1.76. The summed E-state index contributed by atoms with van der Waals surface area (Å²) in [6, 6.07) is 11.3. The van der Waals surface area contributed by atoms with Crippen molar-refractivity contribution in [1.29, 1.82) is 0 Å². The molecule has 1 heterocycles. The maximum Gasteiger partial charge on any atom is 0.255 e. The van der Waals surface area contributed by atoms with Crippen LogP contribution >= 0.6 is 11.8 Å². The third kappa shape index (κ3) is 3.33. The van der Waals surface area contributed by atoms with Crippen molar-refractivity contribution in [1.82, 2.24) is 4.90 Å². The molecule has 1 unspecified atom stereocenters. The molecule has 1 aliphatic heterocycles.